The van der Waals surface area contributed by atoms with E-state index in [0.717, 1.165) is 0 Å². The quantitative estimate of drug-likeness (QED) is 0.678. The Kier molecular flexibility index (Phi) is 7.25. The third kappa shape index (κ3) is 6.95. The van der Waals surface area contributed by atoms with E-state index < -0.39 is 24.0 Å². The first-order valence-electron chi connectivity index (χ1n) is 7.48. The highest BCUT2D eigenvalue weighted by atomic mass is 16.6. The highest BCUT2D eigenvalue weighted by Gasteiger charge is 2.26. The van der Waals surface area contributed by atoms with E-state index in [1.807, 2.05) is 13.8 Å². The zero-order valence-electron chi connectivity index (χ0n) is 13.3. The van der Waals surface area contributed by atoms with E-state index in [0.29, 0.717) is 12.0 Å². The van der Waals surface area contributed by atoms with Gasteiger partial charge >= 0.3 is 17.9 Å². The molecule has 1 unspecified atom stereocenters. The van der Waals surface area contributed by atoms with Gasteiger partial charge in [-0.05, 0) is 18.3 Å². The van der Waals surface area contributed by atoms with Crippen LogP contribution in [-0.4, -0.2) is 28.1 Å². The summed E-state index contributed by atoms with van der Waals surface area (Å²) in [5.41, 5.74) is 0.368. The van der Waals surface area contributed by atoms with Crippen LogP contribution in [0, 0.1) is 11.8 Å². The second kappa shape index (κ2) is 8.92. The average molecular weight is 322 g/mol. The summed E-state index contributed by atoms with van der Waals surface area (Å²) in [6, 6.07) is 8.18. The normalized spacial score (nSPS) is 13.3. The first-order chi connectivity index (χ1) is 10.8. The van der Waals surface area contributed by atoms with E-state index in [4.69, 9.17) is 9.84 Å². The minimum Gasteiger partial charge on any atom is -0.481 e. The van der Waals surface area contributed by atoms with E-state index in [1.54, 1.807) is 30.3 Å². The Balaban J connectivity index is 2.74. The lowest BCUT2D eigenvalue weighted by Gasteiger charge is -2.19. The number of benzene rings is 1. The molecule has 6 heteroatoms. The number of ether oxygens (including phenoxy) is 1. The molecule has 0 aliphatic rings. The molecular formula is C17H22O6. The van der Waals surface area contributed by atoms with Gasteiger partial charge in [0.1, 0.15) is 0 Å². The third-order valence-corrected chi connectivity index (χ3v) is 3.30. The number of carbonyl (C=O) groups is 3. The summed E-state index contributed by atoms with van der Waals surface area (Å²) < 4.78 is 5.06. The lowest BCUT2D eigenvalue weighted by molar-refractivity contribution is -0.165. The van der Waals surface area contributed by atoms with Crippen LogP contribution in [0.15, 0.2) is 30.3 Å². The van der Waals surface area contributed by atoms with Crippen molar-refractivity contribution in [2.45, 2.75) is 39.2 Å². The van der Waals surface area contributed by atoms with Crippen molar-refractivity contribution in [2.24, 2.45) is 11.8 Å². The SMILES string of the molecule is CC(C)CC(CC(=O)O)CC(=O)O[C@H](C(=O)O)c1ccccc1. The molecule has 2 N–H and O–H groups in total. The number of carboxylic acids is 2. The zero-order chi connectivity index (χ0) is 17.4. The van der Waals surface area contributed by atoms with Crippen LogP contribution in [0.2, 0.25) is 0 Å². The van der Waals surface area contributed by atoms with E-state index in [9.17, 15) is 19.5 Å². The van der Waals surface area contributed by atoms with Crippen LogP contribution in [0.3, 0.4) is 0 Å². The van der Waals surface area contributed by atoms with E-state index >= 15 is 0 Å². The van der Waals surface area contributed by atoms with Gasteiger partial charge in [-0.2, -0.15) is 0 Å². The summed E-state index contributed by atoms with van der Waals surface area (Å²) in [5, 5.41) is 18.1. The van der Waals surface area contributed by atoms with Crippen molar-refractivity contribution in [1.29, 1.82) is 0 Å². The second-order valence-electron chi connectivity index (χ2n) is 5.92. The predicted molar refractivity (Wildman–Crippen MR) is 82.7 cm³/mol. The fourth-order valence-corrected chi connectivity index (χ4v) is 2.46. The lowest BCUT2D eigenvalue weighted by atomic mass is 9.91. The van der Waals surface area contributed by atoms with Crippen molar-refractivity contribution in [3.8, 4) is 0 Å². The van der Waals surface area contributed by atoms with Crippen LogP contribution in [0.1, 0.15) is 44.8 Å². The number of carboxylic acid groups (broad SMARTS) is 2. The Morgan fingerprint density at radius 3 is 2.13 bits per heavy atom. The highest BCUT2D eigenvalue weighted by molar-refractivity contribution is 5.79. The van der Waals surface area contributed by atoms with Gasteiger partial charge in [0.2, 0.25) is 6.10 Å². The van der Waals surface area contributed by atoms with Gasteiger partial charge in [0, 0.05) is 18.4 Å². The summed E-state index contributed by atoms with van der Waals surface area (Å²) >= 11 is 0. The number of carbonyl (C=O) groups excluding carboxylic acids is 1. The summed E-state index contributed by atoms with van der Waals surface area (Å²) in [6.07, 6.45) is -1.07. The molecule has 0 amide bonds. The van der Waals surface area contributed by atoms with Crippen LogP contribution >= 0.6 is 0 Å². The van der Waals surface area contributed by atoms with E-state index in [1.165, 1.54) is 0 Å². The van der Waals surface area contributed by atoms with Crippen molar-refractivity contribution in [1.82, 2.24) is 0 Å². The Morgan fingerprint density at radius 2 is 1.65 bits per heavy atom. The maximum atomic E-state index is 12.0. The molecule has 0 heterocycles. The summed E-state index contributed by atoms with van der Waals surface area (Å²) in [4.78, 5) is 34.2. The molecule has 0 radical (unpaired) electrons. The molecule has 0 aliphatic heterocycles. The Bertz CT molecular complexity index is 537. The van der Waals surface area contributed by atoms with Gasteiger partial charge in [0.25, 0.3) is 0 Å². The average Bonchev–Trinajstić information content (AvgIpc) is 2.43. The molecule has 0 spiro atoms. The van der Waals surface area contributed by atoms with Crippen molar-refractivity contribution < 1.29 is 29.3 Å². The minimum atomic E-state index is -1.38. The zero-order valence-corrected chi connectivity index (χ0v) is 13.3. The van der Waals surface area contributed by atoms with Gasteiger partial charge in [-0.15, -0.1) is 0 Å². The molecule has 0 aromatic heterocycles. The van der Waals surface area contributed by atoms with Crippen LogP contribution in [0.25, 0.3) is 0 Å². The lowest BCUT2D eigenvalue weighted by Crippen LogP contribution is -2.22. The number of hydrogen-bond donors (Lipinski definition) is 2. The molecule has 126 valence electrons. The minimum absolute atomic E-state index is 0.110. The number of rotatable bonds is 9. The van der Waals surface area contributed by atoms with Crippen molar-refractivity contribution >= 4 is 17.9 Å². The van der Waals surface area contributed by atoms with Crippen molar-refractivity contribution in [3.63, 3.8) is 0 Å². The molecule has 2 atom stereocenters. The highest BCUT2D eigenvalue weighted by Crippen LogP contribution is 2.23. The molecule has 6 nitrogen and oxygen atoms in total. The van der Waals surface area contributed by atoms with E-state index in [-0.39, 0.29) is 24.7 Å². The first-order valence-corrected chi connectivity index (χ1v) is 7.48. The van der Waals surface area contributed by atoms with Crippen LogP contribution in [-0.2, 0) is 19.1 Å². The maximum Gasteiger partial charge on any atom is 0.349 e. The monoisotopic (exact) mass is 322 g/mol. The molecule has 1 aromatic rings. The third-order valence-electron chi connectivity index (χ3n) is 3.30. The summed E-state index contributed by atoms with van der Waals surface area (Å²) in [6.45, 7) is 3.87. The molecule has 23 heavy (non-hydrogen) atoms. The van der Waals surface area contributed by atoms with Crippen molar-refractivity contribution in [3.05, 3.63) is 35.9 Å². The Hall–Kier alpha value is -2.37. The molecule has 0 saturated heterocycles. The molecule has 0 bridgehead atoms. The number of hydrogen-bond acceptors (Lipinski definition) is 4. The Morgan fingerprint density at radius 1 is 1.04 bits per heavy atom. The fourth-order valence-electron chi connectivity index (χ4n) is 2.46. The fraction of sp³-hybridized carbons (Fsp3) is 0.471. The first kappa shape index (κ1) is 18.7. The largest absolute Gasteiger partial charge is 0.481 e. The maximum absolute atomic E-state index is 12.0. The van der Waals surface area contributed by atoms with Gasteiger partial charge in [-0.1, -0.05) is 44.2 Å². The van der Waals surface area contributed by atoms with Gasteiger partial charge in [-0.25, -0.2) is 4.79 Å². The van der Waals surface area contributed by atoms with Crippen LogP contribution < -0.4 is 0 Å². The molecule has 0 saturated carbocycles. The van der Waals surface area contributed by atoms with Crippen LogP contribution in [0.4, 0.5) is 0 Å². The van der Waals surface area contributed by atoms with E-state index in [2.05, 4.69) is 0 Å². The second-order valence-corrected chi connectivity index (χ2v) is 5.92. The summed E-state index contributed by atoms with van der Waals surface area (Å²) in [7, 11) is 0. The number of aliphatic carboxylic acids is 2. The van der Waals surface area contributed by atoms with Crippen LogP contribution in [0.5, 0.6) is 0 Å². The molecular weight excluding hydrogens is 300 g/mol. The van der Waals surface area contributed by atoms with Gasteiger partial charge < -0.3 is 14.9 Å². The topological polar surface area (TPSA) is 101 Å². The van der Waals surface area contributed by atoms with Gasteiger partial charge in [0.05, 0.1) is 0 Å². The standard InChI is InChI=1S/C17H22O6/c1-11(2)8-12(9-14(18)19)10-15(20)23-16(17(21)22)13-6-4-3-5-7-13/h3-7,11-12,16H,8-10H2,1-2H3,(H,18,19)(H,21,22)/t12?,16-/m0/s1. The molecule has 1 aromatic carbocycles. The molecule has 0 fully saturated rings. The van der Waals surface area contributed by atoms with Crippen molar-refractivity contribution in [2.75, 3.05) is 0 Å². The smallest absolute Gasteiger partial charge is 0.349 e. The predicted octanol–water partition coefficient (Wildman–Crippen LogP) is 2.88. The van der Waals surface area contributed by atoms with Gasteiger partial charge in [0.15, 0.2) is 0 Å². The molecule has 1 rings (SSSR count). The summed E-state index contributed by atoms with van der Waals surface area (Å²) in [5.74, 6) is -3.08. The Labute approximate surface area is 135 Å². The molecule has 0 aliphatic carbocycles. The number of esters is 1. The van der Waals surface area contributed by atoms with Gasteiger partial charge in [-0.3, -0.25) is 9.59 Å².